The van der Waals surface area contributed by atoms with Gasteiger partial charge in [-0.1, -0.05) is 18.2 Å². The van der Waals surface area contributed by atoms with Gasteiger partial charge in [-0.3, -0.25) is 0 Å². The number of anilines is 1. The topological polar surface area (TPSA) is 44.5 Å². The zero-order chi connectivity index (χ0) is 12.8. The molecule has 0 aromatic heterocycles. The largest absolute Gasteiger partial charge is 0.457 e. The summed E-state index contributed by atoms with van der Waals surface area (Å²) in [7, 11) is 1.71. The Bertz CT molecular complexity index is 494. The van der Waals surface area contributed by atoms with Crippen LogP contribution in [-0.4, -0.2) is 13.7 Å². The van der Waals surface area contributed by atoms with Crippen LogP contribution in [0.3, 0.4) is 0 Å². The van der Waals surface area contributed by atoms with Crippen LogP contribution in [0.5, 0.6) is 11.5 Å². The van der Waals surface area contributed by atoms with E-state index in [0.29, 0.717) is 5.69 Å². The van der Waals surface area contributed by atoms with Gasteiger partial charge < -0.3 is 15.2 Å². The monoisotopic (exact) mass is 243 g/mol. The first-order chi connectivity index (χ1) is 8.78. The summed E-state index contributed by atoms with van der Waals surface area (Å²) in [5.74, 6) is 1.56. The minimum absolute atomic E-state index is 0.698. The standard InChI is InChI=1S/C15H17NO2/c1-17-10-9-12-5-7-14(8-6-12)18-15-4-2-3-13(16)11-15/h2-8,11H,9-10,16H2,1H3. The quantitative estimate of drug-likeness (QED) is 0.820. The Labute approximate surface area is 107 Å². The van der Waals surface area contributed by atoms with Gasteiger partial charge in [-0.05, 0) is 36.2 Å². The van der Waals surface area contributed by atoms with E-state index in [1.165, 1.54) is 5.56 Å². The van der Waals surface area contributed by atoms with Crippen molar-refractivity contribution in [2.24, 2.45) is 0 Å². The molecule has 2 aromatic carbocycles. The molecule has 2 aromatic rings. The Kier molecular flexibility index (Phi) is 4.20. The predicted molar refractivity (Wildman–Crippen MR) is 73.0 cm³/mol. The molecule has 0 aliphatic heterocycles. The van der Waals surface area contributed by atoms with Crippen LogP contribution < -0.4 is 10.5 Å². The van der Waals surface area contributed by atoms with Crippen LogP contribution in [0.1, 0.15) is 5.56 Å². The van der Waals surface area contributed by atoms with E-state index < -0.39 is 0 Å². The van der Waals surface area contributed by atoms with Gasteiger partial charge in [-0.25, -0.2) is 0 Å². The molecular formula is C15H17NO2. The van der Waals surface area contributed by atoms with Crippen LogP contribution in [-0.2, 0) is 11.2 Å². The summed E-state index contributed by atoms with van der Waals surface area (Å²) in [5, 5.41) is 0. The normalized spacial score (nSPS) is 10.3. The van der Waals surface area contributed by atoms with Gasteiger partial charge in [0.2, 0.25) is 0 Å². The van der Waals surface area contributed by atoms with Gasteiger partial charge in [0.1, 0.15) is 11.5 Å². The van der Waals surface area contributed by atoms with Crippen LogP contribution in [0.4, 0.5) is 5.69 Å². The lowest BCUT2D eigenvalue weighted by atomic mass is 10.1. The molecule has 0 aliphatic carbocycles. The highest BCUT2D eigenvalue weighted by atomic mass is 16.5. The minimum Gasteiger partial charge on any atom is -0.457 e. The van der Waals surface area contributed by atoms with E-state index in [1.807, 2.05) is 42.5 Å². The molecule has 0 unspecified atom stereocenters. The summed E-state index contributed by atoms with van der Waals surface area (Å²) in [6, 6.07) is 15.4. The van der Waals surface area contributed by atoms with Gasteiger partial charge in [0.15, 0.2) is 0 Å². The number of rotatable bonds is 5. The van der Waals surface area contributed by atoms with E-state index >= 15 is 0 Å². The van der Waals surface area contributed by atoms with E-state index in [-0.39, 0.29) is 0 Å². The molecule has 0 saturated heterocycles. The fourth-order valence-corrected chi connectivity index (χ4v) is 1.66. The third-order valence-electron chi connectivity index (χ3n) is 2.61. The highest BCUT2D eigenvalue weighted by Crippen LogP contribution is 2.23. The molecule has 0 radical (unpaired) electrons. The molecule has 0 heterocycles. The number of hydrogen-bond acceptors (Lipinski definition) is 3. The molecular weight excluding hydrogens is 226 g/mol. The van der Waals surface area contributed by atoms with E-state index in [2.05, 4.69) is 0 Å². The van der Waals surface area contributed by atoms with Crippen LogP contribution in [0.15, 0.2) is 48.5 Å². The van der Waals surface area contributed by atoms with E-state index in [4.69, 9.17) is 15.2 Å². The average molecular weight is 243 g/mol. The maximum Gasteiger partial charge on any atom is 0.129 e. The molecule has 0 saturated carbocycles. The van der Waals surface area contributed by atoms with Crippen LogP contribution in [0, 0.1) is 0 Å². The summed E-state index contributed by atoms with van der Waals surface area (Å²) in [6.45, 7) is 0.732. The van der Waals surface area contributed by atoms with Gasteiger partial charge in [0.05, 0.1) is 6.61 Å². The second-order valence-corrected chi connectivity index (χ2v) is 4.06. The Hall–Kier alpha value is -2.00. The highest BCUT2D eigenvalue weighted by molar-refractivity contribution is 5.45. The summed E-state index contributed by atoms with van der Waals surface area (Å²) in [6.07, 6.45) is 0.912. The first-order valence-corrected chi connectivity index (χ1v) is 5.89. The second kappa shape index (κ2) is 6.07. The first-order valence-electron chi connectivity index (χ1n) is 5.89. The van der Waals surface area contributed by atoms with E-state index in [0.717, 1.165) is 24.5 Å². The zero-order valence-electron chi connectivity index (χ0n) is 10.4. The number of nitrogen functional groups attached to an aromatic ring is 1. The SMILES string of the molecule is COCCc1ccc(Oc2cccc(N)c2)cc1. The smallest absolute Gasteiger partial charge is 0.129 e. The van der Waals surface area contributed by atoms with Crippen LogP contribution >= 0.6 is 0 Å². The fourth-order valence-electron chi connectivity index (χ4n) is 1.66. The summed E-state index contributed by atoms with van der Waals surface area (Å²) in [4.78, 5) is 0. The lowest BCUT2D eigenvalue weighted by molar-refractivity contribution is 0.202. The number of methoxy groups -OCH3 is 1. The molecule has 0 bridgehead atoms. The van der Waals surface area contributed by atoms with Gasteiger partial charge in [0.25, 0.3) is 0 Å². The molecule has 3 nitrogen and oxygen atoms in total. The Morgan fingerprint density at radius 2 is 1.78 bits per heavy atom. The number of benzene rings is 2. The van der Waals surface area contributed by atoms with Crippen molar-refractivity contribution in [2.75, 3.05) is 19.5 Å². The summed E-state index contributed by atoms with van der Waals surface area (Å²) in [5.41, 5.74) is 7.63. The maximum absolute atomic E-state index is 5.71. The van der Waals surface area contributed by atoms with Gasteiger partial charge in [-0.2, -0.15) is 0 Å². The van der Waals surface area contributed by atoms with Gasteiger partial charge in [0, 0.05) is 18.9 Å². The molecule has 2 rings (SSSR count). The molecule has 2 N–H and O–H groups in total. The third-order valence-corrected chi connectivity index (χ3v) is 2.61. The number of hydrogen-bond donors (Lipinski definition) is 1. The molecule has 0 fully saturated rings. The molecule has 0 aliphatic rings. The lowest BCUT2D eigenvalue weighted by Gasteiger charge is -2.07. The number of nitrogens with two attached hydrogens (primary N) is 1. The fraction of sp³-hybridized carbons (Fsp3) is 0.200. The highest BCUT2D eigenvalue weighted by Gasteiger charge is 1.98. The third kappa shape index (κ3) is 3.50. The van der Waals surface area contributed by atoms with Crippen LogP contribution in [0.25, 0.3) is 0 Å². The van der Waals surface area contributed by atoms with Crippen molar-refractivity contribution in [1.82, 2.24) is 0 Å². The van der Waals surface area contributed by atoms with Crippen LogP contribution in [0.2, 0.25) is 0 Å². The summed E-state index contributed by atoms with van der Waals surface area (Å²) >= 11 is 0. The van der Waals surface area contributed by atoms with Crippen molar-refractivity contribution < 1.29 is 9.47 Å². The molecule has 0 spiro atoms. The lowest BCUT2D eigenvalue weighted by Crippen LogP contribution is -1.94. The second-order valence-electron chi connectivity index (χ2n) is 4.06. The molecule has 3 heteroatoms. The van der Waals surface area contributed by atoms with Gasteiger partial charge >= 0.3 is 0 Å². The van der Waals surface area contributed by atoms with Crippen molar-refractivity contribution in [3.8, 4) is 11.5 Å². The molecule has 0 amide bonds. The Balaban J connectivity index is 2.02. The molecule has 0 atom stereocenters. The van der Waals surface area contributed by atoms with Gasteiger partial charge in [-0.15, -0.1) is 0 Å². The zero-order valence-corrected chi connectivity index (χ0v) is 10.4. The van der Waals surface area contributed by atoms with E-state index in [9.17, 15) is 0 Å². The molecule has 94 valence electrons. The first kappa shape index (κ1) is 12.5. The van der Waals surface area contributed by atoms with Crippen molar-refractivity contribution in [2.45, 2.75) is 6.42 Å². The van der Waals surface area contributed by atoms with Crippen molar-refractivity contribution in [3.63, 3.8) is 0 Å². The average Bonchev–Trinajstić information content (AvgIpc) is 2.38. The minimum atomic E-state index is 0.698. The Morgan fingerprint density at radius 3 is 2.44 bits per heavy atom. The predicted octanol–water partition coefficient (Wildman–Crippen LogP) is 3.25. The number of ether oxygens (including phenoxy) is 2. The summed E-state index contributed by atoms with van der Waals surface area (Å²) < 4.78 is 10.7. The Morgan fingerprint density at radius 1 is 1.00 bits per heavy atom. The van der Waals surface area contributed by atoms with Crippen molar-refractivity contribution in [3.05, 3.63) is 54.1 Å². The van der Waals surface area contributed by atoms with E-state index in [1.54, 1.807) is 13.2 Å². The maximum atomic E-state index is 5.71. The van der Waals surface area contributed by atoms with Crippen molar-refractivity contribution in [1.29, 1.82) is 0 Å². The van der Waals surface area contributed by atoms with Crippen molar-refractivity contribution >= 4 is 5.69 Å². The molecule has 18 heavy (non-hydrogen) atoms.